The van der Waals surface area contributed by atoms with Gasteiger partial charge in [-0.1, -0.05) is 30.3 Å². The molecule has 4 aromatic heterocycles. The molecule has 0 amide bonds. The Kier molecular flexibility index (Phi) is 14.8. The second-order valence-electron chi connectivity index (χ2n) is 12.7. The summed E-state index contributed by atoms with van der Waals surface area (Å²) in [7, 11) is 0. The second-order valence-corrected chi connectivity index (χ2v) is 12.7. The van der Waals surface area contributed by atoms with Gasteiger partial charge >= 0.3 is 5.97 Å². The van der Waals surface area contributed by atoms with E-state index in [2.05, 4.69) is 47.9 Å². The predicted molar refractivity (Wildman–Crippen MR) is 195 cm³/mol. The number of hydrogen-bond acceptors (Lipinski definition) is 9. The van der Waals surface area contributed by atoms with E-state index in [0.717, 1.165) is 58.9 Å². The SMILES string of the molecule is O=C(O)CCC(=O)CCCCCOc1cc(CN(Cc2ccccn2)Cc2ccccn2)cc(CN(Cc2ccccn2)Cc2ccccn2)c1. The number of nitrogens with zero attached hydrogens (tertiary/aromatic N) is 6. The summed E-state index contributed by atoms with van der Waals surface area (Å²) in [4.78, 5) is 45.8. The van der Waals surface area contributed by atoms with Crippen molar-refractivity contribution in [3.63, 3.8) is 0 Å². The molecule has 0 fully saturated rings. The van der Waals surface area contributed by atoms with E-state index < -0.39 is 5.97 Å². The molecule has 0 atom stereocenters. The summed E-state index contributed by atoms with van der Waals surface area (Å²) < 4.78 is 6.36. The predicted octanol–water partition coefficient (Wildman–Crippen LogP) is 7.04. The minimum absolute atomic E-state index is 0.00224. The molecule has 0 radical (unpaired) electrons. The minimum atomic E-state index is -0.938. The fourth-order valence-corrected chi connectivity index (χ4v) is 5.89. The highest BCUT2D eigenvalue weighted by Crippen LogP contribution is 2.23. The standard InChI is InChI=1S/C41H46N6O4/c48-39(17-18-41(49)50)16-2-1-11-23-51-40-25-33(27-46(29-35-12-3-7-19-42-35)30-36-13-4-8-20-43-36)24-34(26-40)28-47(31-37-14-5-9-21-44-37)32-38-15-6-10-22-45-38/h3-10,12-15,19-22,24-26H,1-2,11,16-18,23,27-32H2,(H,49,50). The summed E-state index contributed by atoms with van der Waals surface area (Å²) in [6.07, 6.45) is 10.0. The van der Waals surface area contributed by atoms with E-state index in [1.165, 1.54) is 0 Å². The summed E-state index contributed by atoms with van der Waals surface area (Å²) in [6.45, 7) is 4.49. The molecule has 0 bridgehead atoms. The maximum Gasteiger partial charge on any atom is 0.303 e. The van der Waals surface area contributed by atoms with Crippen LogP contribution in [0.1, 0.15) is 72.4 Å². The van der Waals surface area contributed by atoms with Crippen LogP contribution in [0.5, 0.6) is 5.75 Å². The molecule has 0 saturated carbocycles. The highest BCUT2D eigenvalue weighted by Gasteiger charge is 2.15. The number of carbonyl (C=O) groups is 2. The number of carboxylic acid groups (broad SMARTS) is 1. The number of benzene rings is 1. The second kappa shape index (κ2) is 20.4. The van der Waals surface area contributed by atoms with Crippen LogP contribution in [0.15, 0.2) is 116 Å². The van der Waals surface area contributed by atoms with Crippen molar-refractivity contribution in [2.45, 2.75) is 77.8 Å². The van der Waals surface area contributed by atoms with Gasteiger partial charge in [0.25, 0.3) is 0 Å². The molecule has 0 aliphatic rings. The lowest BCUT2D eigenvalue weighted by atomic mass is 10.1. The third-order valence-corrected chi connectivity index (χ3v) is 8.27. The van der Waals surface area contributed by atoms with Gasteiger partial charge in [-0.05, 0) is 91.1 Å². The molecule has 0 unspecified atom stereocenters. The molecule has 51 heavy (non-hydrogen) atoms. The number of pyridine rings is 4. The lowest BCUT2D eigenvalue weighted by Crippen LogP contribution is -2.25. The molecule has 5 aromatic rings. The van der Waals surface area contributed by atoms with Crippen molar-refractivity contribution in [2.24, 2.45) is 0 Å². The number of rotatable bonds is 22. The van der Waals surface area contributed by atoms with Gasteiger partial charge in [-0.3, -0.25) is 39.3 Å². The average Bonchev–Trinajstić information content (AvgIpc) is 3.14. The molecular formula is C41H46N6O4. The van der Waals surface area contributed by atoms with Crippen LogP contribution in [0.25, 0.3) is 0 Å². The maximum absolute atomic E-state index is 12.0. The molecule has 1 N–H and O–H groups in total. The Morgan fingerprint density at radius 1 is 0.529 bits per heavy atom. The zero-order chi connectivity index (χ0) is 35.5. The molecule has 10 nitrogen and oxygen atoms in total. The molecule has 10 heteroatoms. The number of ketones is 1. The molecule has 4 heterocycles. The average molecular weight is 687 g/mol. The first-order chi connectivity index (χ1) is 25.0. The van der Waals surface area contributed by atoms with Gasteiger partial charge in [-0.2, -0.15) is 0 Å². The fraction of sp³-hybridized carbons (Fsp3) is 0.317. The van der Waals surface area contributed by atoms with Crippen LogP contribution in [0.2, 0.25) is 0 Å². The van der Waals surface area contributed by atoms with Crippen molar-refractivity contribution >= 4 is 11.8 Å². The molecule has 1 aromatic carbocycles. The van der Waals surface area contributed by atoms with E-state index in [0.29, 0.717) is 52.3 Å². The zero-order valence-electron chi connectivity index (χ0n) is 29.0. The highest BCUT2D eigenvalue weighted by atomic mass is 16.5. The maximum atomic E-state index is 12.0. The molecular weight excluding hydrogens is 640 g/mol. The van der Waals surface area contributed by atoms with Crippen LogP contribution < -0.4 is 4.74 Å². The van der Waals surface area contributed by atoms with Crippen molar-refractivity contribution in [1.29, 1.82) is 0 Å². The number of unbranched alkanes of at least 4 members (excludes halogenated alkanes) is 2. The number of carbonyl (C=O) groups excluding carboxylic acids is 1. The molecule has 0 spiro atoms. The Hall–Kier alpha value is -5.32. The lowest BCUT2D eigenvalue weighted by molar-refractivity contribution is -0.138. The third kappa shape index (κ3) is 13.8. The Morgan fingerprint density at radius 2 is 0.980 bits per heavy atom. The first-order valence-corrected chi connectivity index (χ1v) is 17.5. The van der Waals surface area contributed by atoms with Crippen LogP contribution in [-0.2, 0) is 48.9 Å². The number of aromatic nitrogens is 4. The lowest BCUT2D eigenvalue weighted by Gasteiger charge is -2.25. The summed E-state index contributed by atoms with van der Waals surface area (Å²) >= 11 is 0. The highest BCUT2D eigenvalue weighted by molar-refractivity contribution is 5.82. The Bertz CT molecular complexity index is 1570. The van der Waals surface area contributed by atoms with Crippen LogP contribution >= 0.6 is 0 Å². The molecule has 264 valence electrons. The first kappa shape index (κ1) is 36.9. The van der Waals surface area contributed by atoms with E-state index in [9.17, 15) is 9.59 Å². The Morgan fingerprint density at radius 3 is 1.37 bits per heavy atom. The number of hydrogen-bond donors (Lipinski definition) is 1. The Balaban J connectivity index is 1.34. The van der Waals surface area contributed by atoms with Crippen molar-refractivity contribution in [3.8, 4) is 5.75 Å². The van der Waals surface area contributed by atoms with Crippen molar-refractivity contribution in [2.75, 3.05) is 6.61 Å². The van der Waals surface area contributed by atoms with Crippen LogP contribution in [0.3, 0.4) is 0 Å². The first-order valence-electron chi connectivity index (χ1n) is 17.5. The van der Waals surface area contributed by atoms with Crippen LogP contribution in [0, 0.1) is 0 Å². The van der Waals surface area contributed by atoms with Gasteiger partial charge in [0.05, 0.1) is 35.8 Å². The number of Topliss-reactive ketones (excluding diaryl/α,β-unsaturated/α-hetero) is 1. The number of aliphatic carboxylic acids is 1. The van der Waals surface area contributed by atoms with E-state index >= 15 is 0 Å². The fourth-order valence-electron chi connectivity index (χ4n) is 5.89. The number of ether oxygens (including phenoxy) is 1. The van der Waals surface area contributed by atoms with Crippen molar-refractivity contribution in [1.82, 2.24) is 29.7 Å². The van der Waals surface area contributed by atoms with Crippen LogP contribution in [0.4, 0.5) is 0 Å². The molecule has 0 aliphatic heterocycles. The summed E-state index contributed by atoms with van der Waals surface area (Å²) in [5, 5.41) is 8.83. The van der Waals surface area contributed by atoms with Gasteiger partial charge in [0.15, 0.2) is 0 Å². The summed E-state index contributed by atoms with van der Waals surface area (Å²) in [5.41, 5.74) is 6.18. The minimum Gasteiger partial charge on any atom is -0.494 e. The number of carboxylic acids is 1. The quantitative estimate of drug-likeness (QED) is 0.0759. The summed E-state index contributed by atoms with van der Waals surface area (Å²) in [6, 6.07) is 30.4. The summed E-state index contributed by atoms with van der Waals surface area (Å²) in [5.74, 6) is -0.143. The van der Waals surface area contributed by atoms with Gasteiger partial charge in [-0.25, -0.2) is 0 Å². The van der Waals surface area contributed by atoms with Crippen LogP contribution in [-0.4, -0.2) is 53.2 Å². The van der Waals surface area contributed by atoms with E-state index in [-0.39, 0.29) is 18.6 Å². The topological polar surface area (TPSA) is 122 Å². The van der Waals surface area contributed by atoms with Crippen molar-refractivity contribution in [3.05, 3.63) is 150 Å². The van der Waals surface area contributed by atoms with E-state index in [1.807, 2.05) is 97.6 Å². The zero-order valence-corrected chi connectivity index (χ0v) is 29.0. The van der Waals surface area contributed by atoms with Crippen molar-refractivity contribution < 1.29 is 19.4 Å². The normalized spacial score (nSPS) is 11.2. The van der Waals surface area contributed by atoms with Gasteiger partial charge in [-0.15, -0.1) is 0 Å². The van der Waals surface area contributed by atoms with Gasteiger partial charge < -0.3 is 9.84 Å². The molecule has 5 rings (SSSR count). The van der Waals surface area contributed by atoms with Gasteiger partial charge in [0.1, 0.15) is 11.5 Å². The Labute approximate surface area is 300 Å². The monoisotopic (exact) mass is 686 g/mol. The smallest absolute Gasteiger partial charge is 0.303 e. The largest absolute Gasteiger partial charge is 0.494 e. The third-order valence-electron chi connectivity index (χ3n) is 8.27. The molecule has 0 saturated heterocycles. The van der Waals surface area contributed by atoms with E-state index in [4.69, 9.17) is 9.84 Å². The van der Waals surface area contributed by atoms with Gasteiger partial charge in [0.2, 0.25) is 0 Å². The van der Waals surface area contributed by atoms with Gasteiger partial charge in [0, 0.05) is 76.9 Å². The van der Waals surface area contributed by atoms with E-state index in [1.54, 1.807) is 0 Å². The molecule has 0 aliphatic carbocycles.